The summed E-state index contributed by atoms with van der Waals surface area (Å²) in [5, 5.41) is 0. The van der Waals surface area contributed by atoms with Gasteiger partial charge in [-0.1, -0.05) is 0 Å². The van der Waals surface area contributed by atoms with E-state index in [1.165, 1.54) is 4.90 Å². The van der Waals surface area contributed by atoms with Gasteiger partial charge in [0.1, 0.15) is 0 Å². The number of hydrogen-bond acceptors (Lipinski definition) is 3. The van der Waals surface area contributed by atoms with Crippen molar-refractivity contribution < 1.29 is 9.59 Å². The molecule has 1 aliphatic carbocycles. The molecule has 1 aliphatic rings. The van der Waals surface area contributed by atoms with Crippen molar-refractivity contribution in [1.29, 1.82) is 0 Å². The summed E-state index contributed by atoms with van der Waals surface area (Å²) in [6, 6.07) is 0. The molecular formula is C13H25N3O2. The van der Waals surface area contributed by atoms with Gasteiger partial charge in [-0.25, -0.2) is 0 Å². The maximum atomic E-state index is 12.2. The van der Waals surface area contributed by atoms with Crippen LogP contribution in [0.1, 0.15) is 25.7 Å². The van der Waals surface area contributed by atoms with E-state index in [4.69, 9.17) is 5.73 Å². The predicted molar refractivity (Wildman–Crippen MR) is 70.8 cm³/mol. The highest BCUT2D eigenvalue weighted by molar-refractivity contribution is 5.85. The summed E-state index contributed by atoms with van der Waals surface area (Å²) in [5.41, 5.74) is 5.64. The Morgan fingerprint density at radius 1 is 1.11 bits per heavy atom. The summed E-state index contributed by atoms with van der Waals surface area (Å²) in [6.45, 7) is 0.887. The van der Waals surface area contributed by atoms with Gasteiger partial charge in [-0.15, -0.1) is 0 Å². The highest BCUT2D eigenvalue weighted by atomic mass is 16.2. The fraction of sp³-hybridized carbons (Fsp3) is 0.846. The quantitative estimate of drug-likeness (QED) is 0.785. The molecule has 18 heavy (non-hydrogen) atoms. The zero-order valence-electron chi connectivity index (χ0n) is 11.7. The zero-order valence-corrected chi connectivity index (χ0v) is 11.7. The predicted octanol–water partition coefficient (Wildman–Crippen LogP) is 0.298. The smallest absolute Gasteiger partial charge is 0.241 e. The molecule has 0 atom stereocenters. The molecule has 2 amide bonds. The number of hydrogen-bond donors (Lipinski definition) is 1. The molecule has 0 radical (unpaired) electrons. The second-order valence-corrected chi connectivity index (χ2v) is 5.44. The first-order valence-corrected chi connectivity index (χ1v) is 6.61. The summed E-state index contributed by atoms with van der Waals surface area (Å²) in [6.07, 6.45) is 3.87. The van der Waals surface area contributed by atoms with Gasteiger partial charge in [0.15, 0.2) is 0 Å². The van der Waals surface area contributed by atoms with E-state index in [0.29, 0.717) is 5.92 Å². The Hall–Kier alpha value is -1.10. The largest absolute Gasteiger partial charge is 0.347 e. The highest BCUT2D eigenvalue weighted by Crippen LogP contribution is 2.29. The van der Waals surface area contributed by atoms with Gasteiger partial charge in [0, 0.05) is 27.1 Å². The van der Waals surface area contributed by atoms with E-state index in [-0.39, 0.29) is 24.3 Å². The molecule has 1 rings (SSSR count). The maximum Gasteiger partial charge on any atom is 0.241 e. The monoisotopic (exact) mass is 255 g/mol. The Kier molecular flexibility index (Phi) is 5.59. The summed E-state index contributed by atoms with van der Waals surface area (Å²) in [4.78, 5) is 26.8. The molecule has 2 N–H and O–H groups in total. The van der Waals surface area contributed by atoms with Crippen molar-refractivity contribution in [2.45, 2.75) is 25.7 Å². The van der Waals surface area contributed by atoms with Crippen molar-refractivity contribution >= 4 is 11.8 Å². The molecule has 5 nitrogen and oxygen atoms in total. The van der Waals surface area contributed by atoms with Crippen LogP contribution in [0.5, 0.6) is 0 Å². The SMILES string of the molecule is CN(C)C(=O)CN(C)C(=O)C1CCC(CN)CC1. The molecule has 0 saturated heterocycles. The third-order valence-corrected chi connectivity index (χ3v) is 3.78. The summed E-state index contributed by atoms with van der Waals surface area (Å²) in [7, 11) is 5.11. The van der Waals surface area contributed by atoms with Gasteiger partial charge < -0.3 is 15.5 Å². The standard InChI is InChI=1S/C13H25N3O2/c1-15(2)12(17)9-16(3)13(18)11-6-4-10(8-14)5-7-11/h10-11H,4-9,14H2,1-3H3. The summed E-state index contributed by atoms with van der Waals surface area (Å²) >= 11 is 0. The molecule has 5 heteroatoms. The number of carbonyl (C=O) groups is 2. The van der Waals surface area contributed by atoms with Crippen molar-refractivity contribution in [2.75, 3.05) is 34.2 Å². The minimum Gasteiger partial charge on any atom is -0.347 e. The molecule has 0 aromatic heterocycles. The molecule has 0 heterocycles. The van der Waals surface area contributed by atoms with E-state index in [2.05, 4.69) is 0 Å². The molecule has 104 valence electrons. The van der Waals surface area contributed by atoms with E-state index >= 15 is 0 Å². The first-order chi connectivity index (χ1) is 8.45. The van der Waals surface area contributed by atoms with E-state index in [1.807, 2.05) is 0 Å². The van der Waals surface area contributed by atoms with Gasteiger partial charge in [0.25, 0.3) is 0 Å². The third-order valence-electron chi connectivity index (χ3n) is 3.78. The molecule has 0 aromatic carbocycles. The lowest BCUT2D eigenvalue weighted by Crippen LogP contribution is -2.41. The normalized spacial score (nSPS) is 23.6. The lowest BCUT2D eigenvalue weighted by Gasteiger charge is -2.30. The fourth-order valence-electron chi connectivity index (χ4n) is 2.38. The molecule has 1 saturated carbocycles. The van der Waals surface area contributed by atoms with Gasteiger partial charge in [-0.2, -0.15) is 0 Å². The van der Waals surface area contributed by atoms with Gasteiger partial charge in [0.2, 0.25) is 11.8 Å². The first-order valence-electron chi connectivity index (χ1n) is 6.61. The lowest BCUT2D eigenvalue weighted by molar-refractivity contribution is -0.141. The van der Waals surface area contributed by atoms with Crippen LogP contribution in [0, 0.1) is 11.8 Å². The summed E-state index contributed by atoms with van der Waals surface area (Å²) < 4.78 is 0. The van der Waals surface area contributed by atoms with Gasteiger partial charge in [0.05, 0.1) is 6.54 Å². The number of nitrogens with zero attached hydrogens (tertiary/aromatic N) is 2. The van der Waals surface area contributed by atoms with Crippen LogP contribution in [-0.2, 0) is 9.59 Å². The van der Waals surface area contributed by atoms with Gasteiger partial charge >= 0.3 is 0 Å². The fourth-order valence-corrected chi connectivity index (χ4v) is 2.38. The van der Waals surface area contributed by atoms with Crippen LogP contribution in [-0.4, -0.2) is 55.8 Å². The van der Waals surface area contributed by atoms with E-state index in [1.54, 1.807) is 26.0 Å². The van der Waals surface area contributed by atoms with Crippen LogP contribution >= 0.6 is 0 Å². The minimum absolute atomic E-state index is 0.0403. The number of rotatable bonds is 4. The Balaban J connectivity index is 2.42. The van der Waals surface area contributed by atoms with Gasteiger partial charge in [-0.05, 0) is 38.1 Å². The van der Waals surface area contributed by atoms with E-state index < -0.39 is 0 Å². The Morgan fingerprint density at radius 3 is 2.11 bits per heavy atom. The summed E-state index contributed by atoms with van der Waals surface area (Å²) in [5.74, 6) is 0.706. The van der Waals surface area contributed by atoms with Crippen molar-refractivity contribution in [3.63, 3.8) is 0 Å². The van der Waals surface area contributed by atoms with Crippen LogP contribution < -0.4 is 5.73 Å². The van der Waals surface area contributed by atoms with Crippen LogP contribution in [0.2, 0.25) is 0 Å². The molecule has 0 aliphatic heterocycles. The molecule has 0 spiro atoms. The molecule has 0 aromatic rings. The van der Waals surface area contributed by atoms with Crippen molar-refractivity contribution in [3.8, 4) is 0 Å². The van der Waals surface area contributed by atoms with Crippen LogP contribution in [0.15, 0.2) is 0 Å². The second-order valence-electron chi connectivity index (χ2n) is 5.44. The van der Waals surface area contributed by atoms with Crippen molar-refractivity contribution in [3.05, 3.63) is 0 Å². The Bertz CT molecular complexity index is 297. The Morgan fingerprint density at radius 2 is 1.67 bits per heavy atom. The molecular weight excluding hydrogens is 230 g/mol. The third kappa shape index (κ3) is 3.98. The number of carbonyl (C=O) groups excluding carboxylic acids is 2. The van der Waals surface area contributed by atoms with Crippen LogP contribution in [0.4, 0.5) is 0 Å². The van der Waals surface area contributed by atoms with Gasteiger partial charge in [-0.3, -0.25) is 9.59 Å². The maximum absolute atomic E-state index is 12.2. The second kappa shape index (κ2) is 6.73. The zero-order chi connectivity index (χ0) is 13.7. The molecule has 1 fully saturated rings. The lowest BCUT2D eigenvalue weighted by atomic mass is 9.81. The number of amides is 2. The molecule has 0 unspecified atom stereocenters. The average molecular weight is 255 g/mol. The highest BCUT2D eigenvalue weighted by Gasteiger charge is 2.28. The van der Waals surface area contributed by atoms with E-state index in [0.717, 1.165) is 32.2 Å². The van der Waals surface area contributed by atoms with Crippen molar-refractivity contribution in [1.82, 2.24) is 9.80 Å². The van der Waals surface area contributed by atoms with E-state index in [9.17, 15) is 9.59 Å². The average Bonchev–Trinajstić information content (AvgIpc) is 2.37. The minimum atomic E-state index is -0.0403. The topological polar surface area (TPSA) is 66.6 Å². The molecule has 0 bridgehead atoms. The first kappa shape index (κ1) is 15.0. The number of likely N-dealkylation sites (N-methyl/N-ethyl adjacent to an activating group) is 2. The van der Waals surface area contributed by atoms with Crippen molar-refractivity contribution in [2.24, 2.45) is 17.6 Å². The number of nitrogens with two attached hydrogens (primary N) is 1. The Labute approximate surface area is 109 Å². The van der Waals surface area contributed by atoms with Crippen LogP contribution in [0.25, 0.3) is 0 Å². The van der Waals surface area contributed by atoms with Crippen LogP contribution in [0.3, 0.4) is 0 Å².